The maximum atomic E-state index is 13.3. The van der Waals surface area contributed by atoms with E-state index in [4.69, 9.17) is 0 Å². The Morgan fingerprint density at radius 3 is 2.40 bits per heavy atom. The molecule has 0 aliphatic heterocycles. The van der Waals surface area contributed by atoms with Crippen molar-refractivity contribution in [1.29, 1.82) is 0 Å². The molecule has 20 heavy (non-hydrogen) atoms. The van der Waals surface area contributed by atoms with E-state index in [0.29, 0.717) is 12.0 Å². The van der Waals surface area contributed by atoms with Gasteiger partial charge in [0.1, 0.15) is 0 Å². The molecule has 0 aliphatic carbocycles. The highest BCUT2D eigenvalue weighted by Gasteiger charge is 2.11. The first-order valence-corrected chi connectivity index (χ1v) is 5.71. The van der Waals surface area contributed by atoms with Crippen molar-refractivity contribution in [3.8, 4) is 5.75 Å². The summed E-state index contributed by atoms with van der Waals surface area (Å²) < 4.78 is 13.3. The van der Waals surface area contributed by atoms with E-state index in [-0.39, 0.29) is 11.3 Å². The van der Waals surface area contributed by atoms with Gasteiger partial charge >= 0.3 is 6.03 Å². The molecular formula is C14H11FN2O3. The standard InChI is InChI=1S/C14H11FN2O3/c15-12-7-11(6-9(8-18)13(12)19)17-14(20)16-10-4-2-1-3-5-10/h1-8,19H,(H2,16,17,20). The van der Waals surface area contributed by atoms with Crippen LogP contribution < -0.4 is 10.6 Å². The summed E-state index contributed by atoms with van der Waals surface area (Å²) in [6, 6.07) is 10.2. The van der Waals surface area contributed by atoms with Gasteiger partial charge in [-0.15, -0.1) is 0 Å². The third kappa shape index (κ3) is 3.11. The molecule has 2 aromatic carbocycles. The second-order valence-corrected chi connectivity index (χ2v) is 3.96. The Morgan fingerprint density at radius 2 is 1.75 bits per heavy atom. The van der Waals surface area contributed by atoms with Crippen LogP contribution in [0.2, 0.25) is 0 Å². The number of phenols is 1. The number of anilines is 2. The number of carbonyl (C=O) groups is 2. The van der Waals surface area contributed by atoms with Gasteiger partial charge in [0.2, 0.25) is 0 Å². The number of rotatable bonds is 3. The Labute approximate surface area is 114 Å². The molecule has 0 spiro atoms. The van der Waals surface area contributed by atoms with E-state index < -0.39 is 17.6 Å². The van der Waals surface area contributed by atoms with Crippen molar-refractivity contribution < 1.29 is 19.1 Å². The van der Waals surface area contributed by atoms with Crippen LogP contribution in [0.25, 0.3) is 0 Å². The molecule has 6 heteroatoms. The number of aromatic hydroxyl groups is 1. The van der Waals surface area contributed by atoms with Crippen LogP contribution in [0.5, 0.6) is 5.75 Å². The first-order chi connectivity index (χ1) is 9.60. The Kier molecular flexibility index (Phi) is 3.95. The number of urea groups is 1. The van der Waals surface area contributed by atoms with Crippen LogP contribution in [0.15, 0.2) is 42.5 Å². The minimum absolute atomic E-state index is 0.0656. The van der Waals surface area contributed by atoms with Gasteiger partial charge in [0.05, 0.1) is 5.56 Å². The molecule has 2 amide bonds. The van der Waals surface area contributed by atoms with E-state index in [9.17, 15) is 19.1 Å². The van der Waals surface area contributed by atoms with Crippen molar-refractivity contribution in [2.75, 3.05) is 10.6 Å². The first-order valence-electron chi connectivity index (χ1n) is 5.71. The number of para-hydroxylation sites is 1. The van der Waals surface area contributed by atoms with Crippen LogP contribution >= 0.6 is 0 Å². The fourth-order valence-corrected chi connectivity index (χ4v) is 1.60. The van der Waals surface area contributed by atoms with Gasteiger partial charge in [-0.2, -0.15) is 0 Å². The van der Waals surface area contributed by atoms with Gasteiger partial charge in [0, 0.05) is 17.4 Å². The van der Waals surface area contributed by atoms with Crippen LogP contribution in [0, 0.1) is 5.82 Å². The minimum Gasteiger partial charge on any atom is -0.504 e. The molecule has 0 fully saturated rings. The van der Waals surface area contributed by atoms with Gasteiger partial charge in [-0.25, -0.2) is 9.18 Å². The highest BCUT2D eigenvalue weighted by Crippen LogP contribution is 2.24. The Bertz CT molecular complexity index is 644. The smallest absolute Gasteiger partial charge is 0.323 e. The normalized spacial score (nSPS) is 9.85. The fourth-order valence-electron chi connectivity index (χ4n) is 1.60. The van der Waals surface area contributed by atoms with Gasteiger partial charge in [-0.05, 0) is 18.2 Å². The van der Waals surface area contributed by atoms with Crippen molar-refractivity contribution >= 4 is 23.7 Å². The average Bonchev–Trinajstić information content (AvgIpc) is 2.43. The maximum Gasteiger partial charge on any atom is 0.323 e. The zero-order valence-corrected chi connectivity index (χ0v) is 10.3. The van der Waals surface area contributed by atoms with Crippen LogP contribution in [0.1, 0.15) is 10.4 Å². The summed E-state index contributed by atoms with van der Waals surface area (Å²) in [5.41, 5.74) is 0.399. The van der Waals surface area contributed by atoms with Crippen LogP contribution in [0.4, 0.5) is 20.6 Å². The van der Waals surface area contributed by atoms with E-state index in [1.54, 1.807) is 30.3 Å². The lowest BCUT2D eigenvalue weighted by atomic mass is 10.2. The zero-order valence-electron chi connectivity index (χ0n) is 10.3. The second kappa shape index (κ2) is 5.83. The molecule has 2 rings (SSSR count). The Balaban J connectivity index is 2.12. The SMILES string of the molecule is O=Cc1cc(NC(=O)Nc2ccccc2)cc(F)c1O. The van der Waals surface area contributed by atoms with E-state index in [1.165, 1.54) is 6.07 Å². The number of hydrogen-bond acceptors (Lipinski definition) is 3. The average molecular weight is 274 g/mol. The van der Waals surface area contributed by atoms with Gasteiger partial charge in [-0.3, -0.25) is 4.79 Å². The molecule has 0 atom stereocenters. The summed E-state index contributed by atoms with van der Waals surface area (Å²) >= 11 is 0. The van der Waals surface area contributed by atoms with Crippen molar-refractivity contribution in [3.05, 3.63) is 53.8 Å². The summed E-state index contributed by atoms with van der Waals surface area (Å²) in [5, 5.41) is 14.2. The number of nitrogens with one attached hydrogen (secondary N) is 2. The molecule has 3 N–H and O–H groups in total. The zero-order chi connectivity index (χ0) is 14.5. The van der Waals surface area contributed by atoms with E-state index in [1.807, 2.05) is 0 Å². The monoisotopic (exact) mass is 274 g/mol. The van der Waals surface area contributed by atoms with E-state index in [0.717, 1.165) is 6.07 Å². The summed E-state index contributed by atoms with van der Waals surface area (Å²) in [4.78, 5) is 22.3. The van der Waals surface area contributed by atoms with Crippen molar-refractivity contribution in [3.63, 3.8) is 0 Å². The van der Waals surface area contributed by atoms with Gasteiger partial charge < -0.3 is 15.7 Å². The lowest BCUT2D eigenvalue weighted by molar-refractivity contribution is 0.112. The Morgan fingerprint density at radius 1 is 1.10 bits per heavy atom. The number of aldehydes is 1. The quantitative estimate of drug-likeness (QED) is 0.594. The predicted octanol–water partition coefficient (Wildman–Crippen LogP) is 2.99. The molecule has 0 unspecified atom stereocenters. The fraction of sp³-hybridized carbons (Fsp3) is 0. The second-order valence-electron chi connectivity index (χ2n) is 3.96. The topological polar surface area (TPSA) is 78.4 Å². The summed E-state index contributed by atoms with van der Waals surface area (Å²) in [7, 11) is 0. The van der Waals surface area contributed by atoms with Gasteiger partial charge in [-0.1, -0.05) is 18.2 Å². The largest absolute Gasteiger partial charge is 0.504 e. The van der Waals surface area contributed by atoms with Gasteiger partial charge in [0.15, 0.2) is 17.9 Å². The molecule has 0 radical (unpaired) electrons. The number of halogens is 1. The van der Waals surface area contributed by atoms with Crippen LogP contribution in [-0.2, 0) is 0 Å². The van der Waals surface area contributed by atoms with Crippen molar-refractivity contribution in [2.45, 2.75) is 0 Å². The minimum atomic E-state index is -0.982. The molecule has 0 aromatic heterocycles. The molecule has 102 valence electrons. The molecule has 0 saturated carbocycles. The molecule has 5 nitrogen and oxygen atoms in total. The third-order valence-corrected chi connectivity index (χ3v) is 2.51. The molecule has 2 aromatic rings. The van der Waals surface area contributed by atoms with Crippen molar-refractivity contribution in [1.82, 2.24) is 0 Å². The molecule has 0 aliphatic rings. The molecular weight excluding hydrogens is 263 g/mol. The molecule has 0 saturated heterocycles. The lowest BCUT2D eigenvalue weighted by Gasteiger charge is -2.09. The van der Waals surface area contributed by atoms with Crippen LogP contribution in [0.3, 0.4) is 0 Å². The van der Waals surface area contributed by atoms with E-state index in [2.05, 4.69) is 10.6 Å². The first kappa shape index (κ1) is 13.5. The molecule has 0 bridgehead atoms. The number of hydrogen-bond donors (Lipinski definition) is 3. The highest BCUT2D eigenvalue weighted by atomic mass is 19.1. The summed E-state index contributed by atoms with van der Waals surface area (Å²) in [6.07, 6.45) is 0.304. The molecule has 0 heterocycles. The number of carbonyl (C=O) groups excluding carboxylic acids is 2. The van der Waals surface area contributed by atoms with E-state index >= 15 is 0 Å². The summed E-state index contributed by atoms with van der Waals surface area (Å²) in [6.45, 7) is 0. The predicted molar refractivity (Wildman–Crippen MR) is 72.5 cm³/mol. The maximum absolute atomic E-state index is 13.3. The van der Waals surface area contributed by atoms with Crippen molar-refractivity contribution in [2.24, 2.45) is 0 Å². The number of benzene rings is 2. The third-order valence-electron chi connectivity index (χ3n) is 2.51. The Hall–Kier alpha value is -2.89. The van der Waals surface area contributed by atoms with Crippen LogP contribution in [-0.4, -0.2) is 17.4 Å². The summed E-state index contributed by atoms with van der Waals surface area (Å²) in [5.74, 6) is -1.72. The lowest BCUT2D eigenvalue weighted by Crippen LogP contribution is -2.19. The number of amides is 2. The van der Waals surface area contributed by atoms with Gasteiger partial charge in [0.25, 0.3) is 0 Å². The number of phenolic OH excluding ortho intramolecular Hbond substituents is 1. The highest BCUT2D eigenvalue weighted by molar-refractivity contribution is 6.00.